The van der Waals surface area contributed by atoms with E-state index in [-0.39, 0.29) is 11.5 Å². The number of hydrogen-bond donors (Lipinski definition) is 2. The summed E-state index contributed by atoms with van der Waals surface area (Å²) in [5.41, 5.74) is 2.34. The van der Waals surface area contributed by atoms with E-state index in [1.165, 1.54) is 6.07 Å². The van der Waals surface area contributed by atoms with Crippen molar-refractivity contribution in [2.75, 3.05) is 5.32 Å². The first-order valence-electron chi connectivity index (χ1n) is 6.12. The van der Waals surface area contributed by atoms with Crippen molar-refractivity contribution in [3.8, 4) is 11.5 Å². The predicted octanol–water partition coefficient (Wildman–Crippen LogP) is 3.91. The van der Waals surface area contributed by atoms with E-state index in [1.54, 1.807) is 36.4 Å². The fourth-order valence-electron chi connectivity index (χ4n) is 1.90. The highest BCUT2D eigenvalue weighted by atomic mass is 19.3. The van der Waals surface area contributed by atoms with Crippen LogP contribution in [0.15, 0.2) is 42.5 Å². The number of aryl methyl sites for hydroxylation is 1. The van der Waals surface area contributed by atoms with Crippen LogP contribution in [0.4, 0.5) is 14.5 Å². The number of ether oxygens (including phenoxy) is 1. The number of phenolic OH excluding ortho intramolecular Hbond substituents is 1. The highest BCUT2D eigenvalue weighted by Crippen LogP contribution is 2.24. The Bertz CT molecular complexity index is 588. The zero-order valence-corrected chi connectivity index (χ0v) is 10.9. The fourth-order valence-corrected chi connectivity index (χ4v) is 1.90. The average molecular weight is 279 g/mol. The number of alkyl halides is 2. The van der Waals surface area contributed by atoms with Crippen molar-refractivity contribution in [3.63, 3.8) is 0 Å². The van der Waals surface area contributed by atoms with Crippen LogP contribution in [-0.4, -0.2) is 11.7 Å². The lowest BCUT2D eigenvalue weighted by molar-refractivity contribution is -0.0504. The van der Waals surface area contributed by atoms with Crippen LogP contribution in [0.5, 0.6) is 11.5 Å². The number of benzene rings is 2. The van der Waals surface area contributed by atoms with Gasteiger partial charge in [-0.1, -0.05) is 18.2 Å². The Labute approximate surface area is 115 Å². The van der Waals surface area contributed by atoms with Crippen molar-refractivity contribution in [1.82, 2.24) is 0 Å². The molecule has 0 aromatic heterocycles. The van der Waals surface area contributed by atoms with Crippen LogP contribution in [0.3, 0.4) is 0 Å². The van der Waals surface area contributed by atoms with Crippen molar-refractivity contribution < 1.29 is 18.6 Å². The van der Waals surface area contributed by atoms with Gasteiger partial charge in [-0.05, 0) is 36.8 Å². The van der Waals surface area contributed by atoms with Gasteiger partial charge in [0.1, 0.15) is 11.5 Å². The summed E-state index contributed by atoms with van der Waals surface area (Å²) in [7, 11) is 0. The van der Waals surface area contributed by atoms with E-state index in [1.807, 2.05) is 6.92 Å². The van der Waals surface area contributed by atoms with Crippen molar-refractivity contribution >= 4 is 5.69 Å². The lowest BCUT2D eigenvalue weighted by Crippen LogP contribution is -2.07. The Morgan fingerprint density at radius 2 is 1.95 bits per heavy atom. The summed E-state index contributed by atoms with van der Waals surface area (Å²) in [4.78, 5) is 0. The molecule has 0 saturated carbocycles. The maximum atomic E-state index is 12.3. The highest BCUT2D eigenvalue weighted by molar-refractivity contribution is 5.54. The number of nitrogens with one attached hydrogen (secondary N) is 1. The SMILES string of the molecule is Cc1cc(O)ccc1NCc1ccccc1OC(F)F. The standard InChI is InChI=1S/C15H15F2NO2/c1-10-8-12(19)6-7-13(10)18-9-11-4-2-3-5-14(11)20-15(16)17/h2-8,15,18-19H,9H2,1H3. The van der Waals surface area contributed by atoms with Crippen molar-refractivity contribution in [1.29, 1.82) is 0 Å². The quantitative estimate of drug-likeness (QED) is 0.815. The maximum absolute atomic E-state index is 12.3. The van der Waals surface area contributed by atoms with E-state index in [9.17, 15) is 13.9 Å². The normalized spacial score (nSPS) is 10.6. The number of phenols is 1. The molecule has 2 aromatic rings. The first kappa shape index (κ1) is 14.1. The van der Waals surface area contributed by atoms with Crippen LogP contribution >= 0.6 is 0 Å². The molecule has 106 valence electrons. The lowest BCUT2D eigenvalue weighted by Gasteiger charge is -2.13. The molecule has 0 heterocycles. The Morgan fingerprint density at radius 3 is 2.65 bits per heavy atom. The molecule has 0 aliphatic rings. The summed E-state index contributed by atoms with van der Waals surface area (Å²) >= 11 is 0. The van der Waals surface area contributed by atoms with Gasteiger partial charge < -0.3 is 15.2 Å². The molecule has 3 nitrogen and oxygen atoms in total. The van der Waals surface area contributed by atoms with Gasteiger partial charge in [-0.15, -0.1) is 0 Å². The maximum Gasteiger partial charge on any atom is 0.387 e. The molecule has 0 fully saturated rings. The molecule has 2 rings (SSSR count). The van der Waals surface area contributed by atoms with Gasteiger partial charge in [0.2, 0.25) is 0 Å². The second-order valence-corrected chi connectivity index (χ2v) is 4.34. The molecular formula is C15H15F2NO2. The van der Waals surface area contributed by atoms with Gasteiger partial charge in [0.25, 0.3) is 0 Å². The third-order valence-corrected chi connectivity index (χ3v) is 2.87. The van der Waals surface area contributed by atoms with Gasteiger partial charge in [-0.25, -0.2) is 0 Å². The van der Waals surface area contributed by atoms with Gasteiger partial charge in [0, 0.05) is 17.8 Å². The summed E-state index contributed by atoms with van der Waals surface area (Å²) in [6, 6.07) is 11.6. The minimum Gasteiger partial charge on any atom is -0.508 e. The van der Waals surface area contributed by atoms with Gasteiger partial charge >= 0.3 is 6.61 Å². The van der Waals surface area contributed by atoms with Gasteiger partial charge in [0.15, 0.2) is 0 Å². The summed E-state index contributed by atoms with van der Waals surface area (Å²) in [6.07, 6.45) is 0. The minimum atomic E-state index is -2.84. The van der Waals surface area contributed by atoms with E-state index in [4.69, 9.17) is 0 Å². The summed E-state index contributed by atoms with van der Waals surface area (Å²) in [5.74, 6) is 0.348. The van der Waals surface area contributed by atoms with Crippen LogP contribution in [0.2, 0.25) is 0 Å². The summed E-state index contributed by atoms with van der Waals surface area (Å²) in [5, 5.41) is 12.5. The Morgan fingerprint density at radius 1 is 1.20 bits per heavy atom. The molecule has 5 heteroatoms. The van der Waals surface area contributed by atoms with Crippen molar-refractivity contribution in [3.05, 3.63) is 53.6 Å². The largest absolute Gasteiger partial charge is 0.508 e. The zero-order valence-electron chi connectivity index (χ0n) is 10.9. The molecule has 0 aliphatic heterocycles. The molecule has 0 spiro atoms. The monoisotopic (exact) mass is 279 g/mol. The molecule has 20 heavy (non-hydrogen) atoms. The lowest BCUT2D eigenvalue weighted by atomic mass is 10.1. The van der Waals surface area contributed by atoms with E-state index < -0.39 is 6.61 Å². The second-order valence-electron chi connectivity index (χ2n) is 4.34. The second kappa shape index (κ2) is 6.23. The van der Waals surface area contributed by atoms with Crippen LogP contribution in [0, 0.1) is 6.92 Å². The molecule has 0 atom stereocenters. The molecule has 0 amide bonds. The van der Waals surface area contributed by atoms with Gasteiger partial charge in [0.05, 0.1) is 0 Å². The molecule has 2 aromatic carbocycles. The fraction of sp³-hybridized carbons (Fsp3) is 0.200. The topological polar surface area (TPSA) is 41.5 Å². The highest BCUT2D eigenvalue weighted by Gasteiger charge is 2.09. The van der Waals surface area contributed by atoms with Crippen LogP contribution in [-0.2, 0) is 6.54 Å². The first-order valence-corrected chi connectivity index (χ1v) is 6.12. The first-order chi connectivity index (χ1) is 9.56. The average Bonchev–Trinajstić information content (AvgIpc) is 2.39. The number of anilines is 1. The molecule has 0 saturated heterocycles. The molecule has 0 radical (unpaired) electrons. The van der Waals surface area contributed by atoms with E-state index >= 15 is 0 Å². The molecule has 0 aliphatic carbocycles. The molecule has 2 N–H and O–H groups in total. The Kier molecular flexibility index (Phi) is 4.40. The van der Waals surface area contributed by atoms with Crippen LogP contribution < -0.4 is 10.1 Å². The van der Waals surface area contributed by atoms with Crippen molar-refractivity contribution in [2.45, 2.75) is 20.1 Å². The van der Waals surface area contributed by atoms with Crippen molar-refractivity contribution in [2.24, 2.45) is 0 Å². The van der Waals surface area contributed by atoms with Gasteiger partial charge in [-0.3, -0.25) is 0 Å². The Balaban J connectivity index is 2.10. The number of aromatic hydroxyl groups is 1. The summed E-state index contributed by atoms with van der Waals surface area (Å²) in [6.45, 7) is -0.635. The third kappa shape index (κ3) is 3.60. The number of hydrogen-bond acceptors (Lipinski definition) is 3. The van der Waals surface area contributed by atoms with Crippen LogP contribution in [0.25, 0.3) is 0 Å². The predicted molar refractivity (Wildman–Crippen MR) is 73.2 cm³/mol. The van der Waals surface area contributed by atoms with E-state index in [2.05, 4.69) is 10.1 Å². The van der Waals surface area contributed by atoms with Crippen LogP contribution in [0.1, 0.15) is 11.1 Å². The molecule has 0 unspecified atom stereocenters. The summed E-state index contributed by atoms with van der Waals surface area (Å²) < 4.78 is 29.1. The molecule has 0 bridgehead atoms. The third-order valence-electron chi connectivity index (χ3n) is 2.87. The van der Waals surface area contributed by atoms with E-state index in [0.29, 0.717) is 12.1 Å². The Hall–Kier alpha value is -2.30. The number of halogens is 2. The zero-order chi connectivity index (χ0) is 14.5. The minimum absolute atomic E-state index is 0.159. The van der Waals surface area contributed by atoms with E-state index in [0.717, 1.165) is 11.3 Å². The smallest absolute Gasteiger partial charge is 0.387 e. The van der Waals surface area contributed by atoms with Gasteiger partial charge in [-0.2, -0.15) is 8.78 Å². The molecular weight excluding hydrogens is 264 g/mol. The number of rotatable bonds is 5. The number of para-hydroxylation sites is 1.